The van der Waals surface area contributed by atoms with Crippen molar-refractivity contribution in [2.45, 2.75) is 25.5 Å². The summed E-state index contributed by atoms with van der Waals surface area (Å²) in [4.78, 5) is 8.23. The number of hydrogen-bond acceptors (Lipinski definition) is 5. The minimum Gasteiger partial charge on any atom is -0.380 e. The first kappa shape index (κ1) is 11.1. The third kappa shape index (κ3) is 2.51. The van der Waals surface area contributed by atoms with Crippen molar-refractivity contribution < 1.29 is 7.48 Å². The first-order valence-electron chi connectivity index (χ1n) is 8.02. The number of aromatic nitrogens is 1. The second kappa shape index (κ2) is 5.81. The summed E-state index contributed by atoms with van der Waals surface area (Å²) < 4.78 is 21.8. The normalized spacial score (nSPS) is 21.7. The molecule has 1 saturated heterocycles. The van der Waals surface area contributed by atoms with Crippen molar-refractivity contribution in [3.05, 3.63) is 30.2 Å². The maximum absolute atomic E-state index is 8.36. The highest BCUT2D eigenvalue weighted by Gasteiger charge is 2.26. The van der Waals surface area contributed by atoms with Gasteiger partial charge in [-0.3, -0.25) is 0 Å². The smallest absolute Gasteiger partial charge is 0.156 e. The maximum atomic E-state index is 8.36. The van der Waals surface area contributed by atoms with Gasteiger partial charge in [0.25, 0.3) is 0 Å². The molecule has 0 radical (unpaired) electrons. The Kier molecular flexibility index (Phi) is 3.23. The SMILES string of the molecule is [2H]C1=C([2H])N(C2CCNCC2)c2ncc(COC)cc2N1C. The van der Waals surface area contributed by atoms with E-state index in [1.807, 2.05) is 18.0 Å². The van der Waals surface area contributed by atoms with E-state index in [1.54, 1.807) is 18.2 Å². The van der Waals surface area contributed by atoms with E-state index < -0.39 is 0 Å². The minimum absolute atomic E-state index is 0.211. The van der Waals surface area contributed by atoms with Gasteiger partial charge in [0.05, 0.1) is 15.0 Å². The lowest BCUT2D eigenvalue weighted by atomic mass is 10.0. The standard InChI is InChI=1S/C15H22N4O/c1-18-7-8-19(13-3-5-16-6-4-13)15-14(18)9-12(10-17-15)11-20-2/h7-10,13,16H,3-6,11H2,1-2H3/i7D,8D. The van der Waals surface area contributed by atoms with E-state index in [0.29, 0.717) is 6.61 Å². The Morgan fingerprint density at radius 1 is 1.45 bits per heavy atom. The molecule has 1 N–H and O–H groups in total. The maximum Gasteiger partial charge on any atom is 0.156 e. The van der Waals surface area contributed by atoms with Gasteiger partial charge in [0.15, 0.2) is 5.82 Å². The molecule has 0 aliphatic carbocycles. The van der Waals surface area contributed by atoms with Crippen molar-refractivity contribution in [3.63, 3.8) is 0 Å². The van der Waals surface area contributed by atoms with E-state index in [9.17, 15) is 0 Å². The molecule has 2 aliphatic heterocycles. The van der Waals surface area contributed by atoms with Crippen LogP contribution >= 0.6 is 0 Å². The Hall–Kier alpha value is -1.59. The molecule has 0 unspecified atom stereocenters. The summed E-state index contributed by atoms with van der Waals surface area (Å²) in [6.45, 7) is 2.37. The summed E-state index contributed by atoms with van der Waals surface area (Å²) in [6, 6.07) is 2.23. The van der Waals surface area contributed by atoms with E-state index in [4.69, 9.17) is 7.48 Å². The van der Waals surface area contributed by atoms with Gasteiger partial charge in [-0.1, -0.05) is 0 Å². The molecule has 1 aromatic rings. The summed E-state index contributed by atoms with van der Waals surface area (Å²) in [5.74, 6) is 0.773. The van der Waals surface area contributed by atoms with Crippen molar-refractivity contribution in [1.82, 2.24) is 10.3 Å². The zero-order chi connectivity index (χ0) is 15.7. The molecule has 5 heteroatoms. The highest BCUT2D eigenvalue weighted by Crippen LogP contribution is 2.34. The quantitative estimate of drug-likeness (QED) is 0.910. The van der Waals surface area contributed by atoms with Crippen LogP contribution in [-0.2, 0) is 11.3 Å². The van der Waals surface area contributed by atoms with Crippen LogP contribution in [0, 0.1) is 0 Å². The predicted octanol–water partition coefficient (Wildman–Crippen LogP) is 1.71. The summed E-state index contributed by atoms with van der Waals surface area (Å²) >= 11 is 0. The highest BCUT2D eigenvalue weighted by molar-refractivity contribution is 5.73. The first-order chi connectivity index (χ1) is 10.6. The van der Waals surface area contributed by atoms with E-state index in [0.717, 1.165) is 43.0 Å². The lowest BCUT2D eigenvalue weighted by molar-refractivity contribution is 0.184. The van der Waals surface area contributed by atoms with Crippen molar-refractivity contribution in [2.24, 2.45) is 0 Å². The minimum atomic E-state index is 0.211. The molecule has 0 atom stereocenters. The summed E-state index contributed by atoms with van der Waals surface area (Å²) in [7, 11) is 3.47. The summed E-state index contributed by atoms with van der Waals surface area (Å²) in [6.07, 6.45) is 4.16. The van der Waals surface area contributed by atoms with Gasteiger partial charge < -0.3 is 19.9 Å². The average Bonchev–Trinajstić information content (AvgIpc) is 2.55. The zero-order valence-corrected chi connectivity index (χ0v) is 12.0. The number of ether oxygens (including phenoxy) is 1. The third-order valence-corrected chi connectivity index (χ3v) is 3.82. The molecule has 0 spiro atoms. The zero-order valence-electron chi connectivity index (χ0n) is 14.0. The molecule has 20 heavy (non-hydrogen) atoms. The highest BCUT2D eigenvalue weighted by atomic mass is 16.5. The van der Waals surface area contributed by atoms with Gasteiger partial charge in [-0.15, -0.1) is 0 Å². The van der Waals surface area contributed by atoms with Crippen molar-refractivity contribution in [2.75, 3.05) is 37.0 Å². The second-order valence-corrected chi connectivity index (χ2v) is 5.25. The molecular weight excluding hydrogens is 252 g/mol. The molecule has 5 nitrogen and oxygen atoms in total. The number of piperidine rings is 1. The van der Waals surface area contributed by atoms with E-state index in [2.05, 4.69) is 10.3 Å². The topological polar surface area (TPSA) is 40.6 Å². The fourth-order valence-electron chi connectivity index (χ4n) is 2.74. The van der Waals surface area contributed by atoms with Gasteiger partial charge in [-0.25, -0.2) is 4.98 Å². The molecule has 0 amide bonds. The van der Waals surface area contributed by atoms with Gasteiger partial charge in [-0.05, 0) is 37.6 Å². The van der Waals surface area contributed by atoms with Gasteiger partial charge in [-0.2, -0.15) is 0 Å². The van der Waals surface area contributed by atoms with Gasteiger partial charge in [0.1, 0.15) is 0 Å². The molecule has 108 valence electrons. The summed E-state index contributed by atoms with van der Waals surface area (Å²) in [5, 5.41) is 3.34. The second-order valence-electron chi connectivity index (χ2n) is 5.25. The van der Waals surface area contributed by atoms with Gasteiger partial charge in [0, 0.05) is 38.7 Å². The average molecular weight is 276 g/mol. The predicted molar refractivity (Wildman–Crippen MR) is 80.9 cm³/mol. The van der Waals surface area contributed by atoms with Crippen LogP contribution in [0.4, 0.5) is 11.5 Å². The molecule has 2 aliphatic rings. The van der Waals surface area contributed by atoms with Crippen LogP contribution in [0.3, 0.4) is 0 Å². The van der Waals surface area contributed by atoms with E-state index in [1.165, 1.54) is 0 Å². The van der Waals surface area contributed by atoms with E-state index in [-0.39, 0.29) is 18.4 Å². The lowest BCUT2D eigenvalue weighted by Crippen LogP contribution is -2.42. The molecule has 1 fully saturated rings. The number of pyridine rings is 1. The number of rotatable bonds is 3. The monoisotopic (exact) mass is 276 g/mol. The number of nitrogens with one attached hydrogen (secondary N) is 1. The Morgan fingerprint density at radius 2 is 2.25 bits per heavy atom. The molecule has 3 rings (SSSR count). The van der Waals surface area contributed by atoms with Gasteiger partial charge >= 0.3 is 0 Å². The molecule has 0 aromatic carbocycles. The molecule has 1 aromatic heterocycles. The van der Waals surface area contributed by atoms with Crippen LogP contribution in [0.5, 0.6) is 0 Å². The van der Waals surface area contributed by atoms with Crippen LogP contribution in [0.1, 0.15) is 21.1 Å². The molecule has 3 heterocycles. The Bertz CT molecular complexity index is 587. The van der Waals surface area contributed by atoms with Crippen LogP contribution in [0.2, 0.25) is 0 Å². The largest absolute Gasteiger partial charge is 0.380 e. The van der Waals surface area contributed by atoms with Crippen LogP contribution in [-0.4, -0.2) is 38.3 Å². The number of methoxy groups -OCH3 is 1. The number of hydrogen-bond donors (Lipinski definition) is 1. The van der Waals surface area contributed by atoms with Crippen molar-refractivity contribution in [3.8, 4) is 0 Å². The Labute approximate surface area is 123 Å². The van der Waals surface area contributed by atoms with Crippen molar-refractivity contribution >= 4 is 11.5 Å². The number of nitrogens with zero attached hydrogens (tertiary/aromatic N) is 3. The fourth-order valence-corrected chi connectivity index (χ4v) is 2.74. The Morgan fingerprint density at radius 3 is 3.00 bits per heavy atom. The van der Waals surface area contributed by atoms with Crippen LogP contribution < -0.4 is 15.1 Å². The number of anilines is 2. The molecule has 0 saturated carbocycles. The van der Waals surface area contributed by atoms with Crippen LogP contribution in [0.25, 0.3) is 0 Å². The Balaban J connectivity index is 2.02. The molecule has 0 bridgehead atoms. The summed E-state index contributed by atoms with van der Waals surface area (Å²) in [5.41, 5.74) is 1.84. The molecular formula is C15H22N4O. The van der Waals surface area contributed by atoms with Gasteiger partial charge in [0.2, 0.25) is 0 Å². The lowest BCUT2D eigenvalue weighted by Gasteiger charge is -2.38. The third-order valence-electron chi connectivity index (χ3n) is 3.82. The first-order valence-corrected chi connectivity index (χ1v) is 7.02. The fraction of sp³-hybridized carbons (Fsp3) is 0.533. The van der Waals surface area contributed by atoms with E-state index >= 15 is 0 Å². The van der Waals surface area contributed by atoms with Crippen LogP contribution in [0.15, 0.2) is 24.6 Å². The van der Waals surface area contributed by atoms with Crippen molar-refractivity contribution in [1.29, 1.82) is 0 Å². The number of fused-ring (bicyclic) bond motifs is 1.